The van der Waals surface area contributed by atoms with Crippen molar-refractivity contribution in [2.24, 2.45) is 0 Å². The summed E-state index contributed by atoms with van der Waals surface area (Å²) in [7, 11) is 0. The molecule has 1 fully saturated rings. The summed E-state index contributed by atoms with van der Waals surface area (Å²) in [6, 6.07) is 0. The fourth-order valence-corrected chi connectivity index (χ4v) is 0.796. The molecule has 0 bridgehead atoms. The lowest BCUT2D eigenvalue weighted by Gasteiger charge is -1.85. The third-order valence-corrected chi connectivity index (χ3v) is 1.38. The normalized spacial score (nSPS) is 31.8. The van der Waals surface area contributed by atoms with Crippen molar-refractivity contribution < 1.29 is 9.53 Å². The van der Waals surface area contributed by atoms with Gasteiger partial charge in [-0.15, -0.1) is 0 Å². The number of ketones is 1. The molecule has 0 aromatic carbocycles. The van der Waals surface area contributed by atoms with Crippen LogP contribution >= 0.6 is 0 Å². The quantitative estimate of drug-likeness (QED) is 0.406. The Morgan fingerprint density at radius 3 is 2.11 bits per heavy atom. The number of hydrogen-bond donors (Lipinski definition) is 0. The van der Waals surface area contributed by atoms with E-state index in [2.05, 4.69) is 6.58 Å². The summed E-state index contributed by atoms with van der Waals surface area (Å²) in [5.41, 5.74) is 0.940. The van der Waals surface area contributed by atoms with Gasteiger partial charge in [-0.3, -0.25) is 4.79 Å². The molecule has 0 spiro atoms. The molecule has 0 radical (unpaired) electrons. The summed E-state index contributed by atoms with van der Waals surface area (Å²) < 4.78 is 4.99. The van der Waals surface area contributed by atoms with Gasteiger partial charge in [-0.1, -0.05) is 6.58 Å². The van der Waals surface area contributed by atoms with Crippen LogP contribution in [0.5, 0.6) is 0 Å². The predicted molar refractivity (Wildman–Crippen MR) is 34.2 cm³/mol. The number of Topliss-reactive ketones (excluding diaryl/α,β-unsaturated/α-hetero) is 1. The Morgan fingerprint density at radius 1 is 1.44 bits per heavy atom. The second kappa shape index (κ2) is 1.95. The fraction of sp³-hybridized carbons (Fsp3) is 0.571. The zero-order valence-electron chi connectivity index (χ0n) is 5.68. The van der Waals surface area contributed by atoms with Gasteiger partial charge in [0.05, 0.1) is 0 Å². The third-order valence-electron chi connectivity index (χ3n) is 1.38. The topological polar surface area (TPSA) is 29.6 Å². The van der Waals surface area contributed by atoms with Crippen LogP contribution in [0.25, 0.3) is 0 Å². The standard InChI is InChI=1S/C7H10O2/c1-4(2)6-7(9-6)5(3)8/h6-7H,1H2,2-3H3. The minimum absolute atomic E-state index is 0.0162. The molecule has 50 valence electrons. The Kier molecular flexibility index (Phi) is 1.41. The molecule has 2 unspecified atom stereocenters. The first kappa shape index (κ1) is 6.49. The summed E-state index contributed by atoms with van der Waals surface area (Å²) in [6.45, 7) is 7.08. The van der Waals surface area contributed by atoms with Gasteiger partial charge in [0, 0.05) is 0 Å². The summed E-state index contributed by atoms with van der Waals surface area (Å²) in [4.78, 5) is 10.6. The Bertz CT molecular complexity index is 142. The van der Waals surface area contributed by atoms with E-state index in [0.29, 0.717) is 0 Å². The third kappa shape index (κ3) is 1.19. The molecule has 1 aliphatic heterocycles. The zero-order valence-corrected chi connectivity index (χ0v) is 5.68. The minimum atomic E-state index is -0.178. The van der Waals surface area contributed by atoms with Gasteiger partial charge in [-0.05, 0) is 19.4 Å². The van der Waals surface area contributed by atoms with E-state index in [1.807, 2.05) is 6.92 Å². The highest BCUT2D eigenvalue weighted by atomic mass is 16.6. The van der Waals surface area contributed by atoms with Crippen molar-refractivity contribution in [2.45, 2.75) is 26.1 Å². The van der Waals surface area contributed by atoms with Crippen molar-refractivity contribution in [3.63, 3.8) is 0 Å². The maximum Gasteiger partial charge on any atom is 0.161 e. The van der Waals surface area contributed by atoms with E-state index < -0.39 is 0 Å². The minimum Gasteiger partial charge on any atom is -0.357 e. The Hall–Kier alpha value is -0.630. The SMILES string of the molecule is C=C(C)C1OC1C(C)=O. The Morgan fingerprint density at radius 2 is 2.00 bits per heavy atom. The molecule has 0 aliphatic carbocycles. The fourth-order valence-electron chi connectivity index (χ4n) is 0.796. The number of rotatable bonds is 2. The summed E-state index contributed by atoms with van der Waals surface area (Å²) in [6.07, 6.45) is -0.162. The van der Waals surface area contributed by atoms with Gasteiger partial charge in [0.25, 0.3) is 0 Å². The molecule has 1 rings (SSSR count). The molecule has 9 heavy (non-hydrogen) atoms. The van der Waals surface area contributed by atoms with E-state index in [0.717, 1.165) is 5.57 Å². The molecule has 2 nitrogen and oxygen atoms in total. The summed E-state index contributed by atoms with van der Waals surface area (Å²) >= 11 is 0. The second-order valence-corrected chi connectivity index (χ2v) is 2.43. The molecular formula is C7H10O2. The van der Waals surface area contributed by atoms with Gasteiger partial charge in [-0.2, -0.15) is 0 Å². The Balaban J connectivity index is 2.42. The lowest BCUT2D eigenvalue weighted by Crippen LogP contribution is -2.04. The molecule has 0 N–H and O–H groups in total. The first-order valence-electron chi connectivity index (χ1n) is 2.94. The molecule has 2 heteroatoms. The zero-order chi connectivity index (χ0) is 7.02. The maximum atomic E-state index is 10.6. The van der Waals surface area contributed by atoms with E-state index >= 15 is 0 Å². The van der Waals surface area contributed by atoms with Gasteiger partial charge < -0.3 is 4.74 Å². The lowest BCUT2D eigenvalue weighted by atomic mass is 10.1. The molecule has 1 aliphatic rings. The monoisotopic (exact) mass is 126 g/mol. The molecule has 1 heterocycles. The van der Waals surface area contributed by atoms with Gasteiger partial charge in [0.15, 0.2) is 5.78 Å². The molecule has 0 aromatic rings. The van der Waals surface area contributed by atoms with Crippen molar-refractivity contribution >= 4 is 5.78 Å². The van der Waals surface area contributed by atoms with Crippen LogP contribution in [0.15, 0.2) is 12.2 Å². The van der Waals surface area contributed by atoms with Crippen LogP contribution in [0, 0.1) is 0 Å². The second-order valence-electron chi connectivity index (χ2n) is 2.43. The van der Waals surface area contributed by atoms with Crippen molar-refractivity contribution in [2.75, 3.05) is 0 Å². The number of hydrogen-bond acceptors (Lipinski definition) is 2. The highest BCUT2D eigenvalue weighted by molar-refractivity contribution is 5.84. The first-order valence-corrected chi connectivity index (χ1v) is 2.94. The van der Waals surface area contributed by atoms with Gasteiger partial charge in [0.1, 0.15) is 12.2 Å². The molecular weight excluding hydrogens is 116 g/mol. The van der Waals surface area contributed by atoms with Crippen LogP contribution in [0.3, 0.4) is 0 Å². The first-order chi connectivity index (χ1) is 4.13. The van der Waals surface area contributed by atoms with Crippen LogP contribution in [0.4, 0.5) is 0 Å². The molecule has 2 atom stereocenters. The molecule has 1 saturated heterocycles. The van der Waals surface area contributed by atoms with E-state index in [9.17, 15) is 4.79 Å². The van der Waals surface area contributed by atoms with Gasteiger partial charge in [0.2, 0.25) is 0 Å². The van der Waals surface area contributed by atoms with Crippen molar-refractivity contribution in [1.82, 2.24) is 0 Å². The molecule has 0 amide bonds. The van der Waals surface area contributed by atoms with Crippen LogP contribution < -0.4 is 0 Å². The van der Waals surface area contributed by atoms with E-state index in [4.69, 9.17) is 4.74 Å². The van der Waals surface area contributed by atoms with Crippen molar-refractivity contribution in [3.8, 4) is 0 Å². The Labute approximate surface area is 54.5 Å². The average Bonchev–Trinajstić information content (AvgIpc) is 2.39. The number of ether oxygens (including phenoxy) is 1. The number of carbonyl (C=O) groups is 1. The summed E-state index contributed by atoms with van der Waals surface area (Å²) in [5, 5.41) is 0. The van der Waals surface area contributed by atoms with Crippen LogP contribution in [-0.4, -0.2) is 18.0 Å². The van der Waals surface area contributed by atoms with Crippen molar-refractivity contribution in [1.29, 1.82) is 0 Å². The summed E-state index contributed by atoms with van der Waals surface area (Å²) in [5.74, 6) is 0.100. The average molecular weight is 126 g/mol. The highest BCUT2D eigenvalue weighted by Crippen LogP contribution is 2.28. The number of epoxide rings is 1. The lowest BCUT2D eigenvalue weighted by molar-refractivity contribution is -0.118. The van der Waals surface area contributed by atoms with E-state index in [1.54, 1.807) is 0 Å². The van der Waals surface area contributed by atoms with Crippen LogP contribution in [0.2, 0.25) is 0 Å². The van der Waals surface area contributed by atoms with Gasteiger partial charge >= 0.3 is 0 Å². The van der Waals surface area contributed by atoms with Crippen molar-refractivity contribution in [3.05, 3.63) is 12.2 Å². The molecule has 0 aromatic heterocycles. The number of carbonyl (C=O) groups excluding carboxylic acids is 1. The molecule has 0 saturated carbocycles. The van der Waals surface area contributed by atoms with E-state index in [1.165, 1.54) is 6.92 Å². The van der Waals surface area contributed by atoms with Crippen LogP contribution in [-0.2, 0) is 9.53 Å². The maximum absolute atomic E-state index is 10.6. The predicted octanol–water partition coefficient (Wildman–Crippen LogP) is 0.919. The highest BCUT2D eigenvalue weighted by Gasteiger charge is 2.42. The van der Waals surface area contributed by atoms with Crippen LogP contribution in [0.1, 0.15) is 13.8 Å². The van der Waals surface area contributed by atoms with Gasteiger partial charge in [-0.25, -0.2) is 0 Å². The smallest absolute Gasteiger partial charge is 0.161 e. The van der Waals surface area contributed by atoms with E-state index in [-0.39, 0.29) is 18.0 Å². The largest absolute Gasteiger partial charge is 0.357 e.